The van der Waals surface area contributed by atoms with Crippen molar-refractivity contribution in [3.8, 4) is 0 Å². The van der Waals surface area contributed by atoms with Crippen molar-refractivity contribution in [1.82, 2.24) is 0 Å². The van der Waals surface area contributed by atoms with Gasteiger partial charge in [0.15, 0.2) is 0 Å². The molecule has 144 valence electrons. The Hall–Kier alpha value is -3.73. The summed E-state index contributed by atoms with van der Waals surface area (Å²) in [6, 6.07) is 20.6. The Labute approximate surface area is 167 Å². The summed E-state index contributed by atoms with van der Waals surface area (Å²) in [4.78, 5) is 27.2. The Balaban J connectivity index is 1.99. The van der Waals surface area contributed by atoms with E-state index in [-0.39, 0.29) is 17.0 Å². The third-order valence-corrected chi connectivity index (χ3v) is 5.06. The van der Waals surface area contributed by atoms with Crippen LogP contribution >= 0.6 is 0 Å². The van der Waals surface area contributed by atoms with Gasteiger partial charge >= 0.3 is 0 Å². The van der Waals surface area contributed by atoms with Gasteiger partial charge in [-0.2, -0.15) is 0 Å². The number of hydrogen-bond donors (Lipinski definition) is 1. The van der Waals surface area contributed by atoms with Gasteiger partial charge in [-0.1, -0.05) is 60.7 Å². The molecule has 29 heavy (non-hydrogen) atoms. The molecule has 0 bridgehead atoms. The Morgan fingerprint density at radius 2 is 1.62 bits per heavy atom. The van der Waals surface area contributed by atoms with E-state index in [1.807, 2.05) is 19.1 Å². The molecule has 1 amide bonds. The molecule has 3 aromatic rings. The van der Waals surface area contributed by atoms with Crippen LogP contribution in [0.15, 0.2) is 84.4 Å². The maximum Gasteiger partial charge on any atom is 0.300 e. The smallest absolute Gasteiger partial charge is 0.300 e. The topological polar surface area (TPSA) is 57.6 Å². The second-order valence-corrected chi connectivity index (χ2v) is 6.87. The molecule has 4 rings (SSSR count). The molecule has 5 heteroatoms. The number of carbonyl (C=O) groups is 2. The summed E-state index contributed by atoms with van der Waals surface area (Å²) in [6.45, 7) is 1.86. The first kappa shape index (κ1) is 18.6. The summed E-state index contributed by atoms with van der Waals surface area (Å²) >= 11 is 0. The highest BCUT2D eigenvalue weighted by Crippen LogP contribution is 2.43. The van der Waals surface area contributed by atoms with Crippen molar-refractivity contribution < 1.29 is 19.1 Å². The predicted molar refractivity (Wildman–Crippen MR) is 109 cm³/mol. The van der Waals surface area contributed by atoms with Gasteiger partial charge in [0.1, 0.15) is 11.6 Å². The zero-order valence-corrected chi connectivity index (χ0v) is 15.7. The Bertz CT molecular complexity index is 1140. The van der Waals surface area contributed by atoms with Gasteiger partial charge in [-0.25, -0.2) is 4.39 Å². The second kappa shape index (κ2) is 7.36. The molecule has 1 fully saturated rings. The van der Waals surface area contributed by atoms with Crippen LogP contribution in [0.5, 0.6) is 0 Å². The van der Waals surface area contributed by atoms with Crippen molar-refractivity contribution in [3.63, 3.8) is 0 Å². The van der Waals surface area contributed by atoms with E-state index < -0.39 is 23.5 Å². The highest BCUT2D eigenvalue weighted by molar-refractivity contribution is 6.51. The third-order valence-electron chi connectivity index (χ3n) is 5.06. The fourth-order valence-corrected chi connectivity index (χ4v) is 3.66. The number of amides is 1. The summed E-state index contributed by atoms with van der Waals surface area (Å²) < 4.78 is 13.9. The van der Waals surface area contributed by atoms with E-state index in [1.54, 1.807) is 48.5 Å². The lowest BCUT2D eigenvalue weighted by molar-refractivity contribution is -0.132. The molecule has 3 aromatic carbocycles. The number of rotatable bonds is 3. The fraction of sp³-hybridized carbons (Fsp3) is 0.0833. The number of anilines is 1. The predicted octanol–water partition coefficient (Wildman–Crippen LogP) is 4.76. The van der Waals surface area contributed by atoms with Crippen LogP contribution < -0.4 is 4.90 Å². The van der Waals surface area contributed by atoms with Crippen molar-refractivity contribution in [2.24, 2.45) is 0 Å². The molecule has 1 unspecified atom stereocenters. The third kappa shape index (κ3) is 3.21. The molecule has 1 aliphatic rings. The van der Waals surface area contributed by atoms with Crippen LogP contribution in [0.3, 0.4) is 0 Å². The van der Waals surface area contributed by atoms with Crippen LogP contribution in [-0.2, 0) is 9.59 Å². The lowest BCUT2D eigenvalue weighted by Gasteiger charge is -2.26. The van der Waals surface area contributed by atoms with Crippen molar-refractivity contribution in [2.75, 3.05) is 4.90 Å². The normalized spacial score (nSPS) is 18.3. The molecule has 1 saturated heterocycles. The average Bonchev–Trinajstić information content (AvgIpc) is 2.99. The lowest BCUT2D eigenvalue weighted by Crippen LogP contribution is -2.29. The van der Waals surface area contributed by atoms with Crippen LogP contribution in [0.25, 0.3) is 5.76 Å². The van der Waals surface area contributed by atoms with E-state index in [2.05, 4.69) is 0 Å². The van der Waals surface area contributed by atoms with E-state index in [4.69, 9.17) is 0 Å². The van der Waals surface area contributed by atoms with E-state index in [0.29, 0.717) is 11.1 Å². The Morgan fingerprint density at radius 3 is 2.31 bits per heavy atom. The van der Waals surface area contributed by atoms with Gasteiger partial charge in [-0.3, -0.25) is 14.5 Å². The van der Waals surface area contributed by atoms with Gasteiger partial charge in [-0.15, -0.1) is 0 Å². The lowest BCUT2D eigenvalue weighted by atomic mass is 9.92. The number of aryl methyl sites for hydroxylation is 1. The van der Waals surface area contributed by atoms with E-state index in [9.17, 15) is 19.1 Å². The number of halogens is 1. The van der Waals surface area contributed by atoms with E-state index in [1.165, 1.54) is 23.1 Å². The number of Topliss-reactive ketones (excluding diaryl/α,β-unsaturated/α-hetero) is 1. The SMILES string of the molecule is Cc1ccccc1C1/C(=C(\O)c2ccccc2)C(=O)C(=O)N1c1cccc(F)c1. The van der Waals surface area contributed by atoms with Gasteiger partial charge in [-0.05, 0) is 36.2 Å². The van der Waals surface area contributed by atoms with Crippen molar-refractivity contribution >= 4 is 23.1 Å². The molecule has 0 radical (unpaired) electrons. The molecular formula is C24H18FNO3. The fourth-order valence-electron chi connectivity index (χ4n) is 3.66. The minimum atomic E-state index is -0.863. The summed E-state index contributed by atoms with van der Waals surface area (Å²) in [5.74, 6) is -2.38. The standard InChI is InChI=1S/C24H18FNO3/c1-15-8-5-6-13-19(15)21-20(22(27)16-9-3-2-4-10-16)23(28)24(29)26(21)18-12-7-11-17(25)14-18/h2-14,21,27H,1H3/b22-20+. The van der Waals surface area contributed by atoms with Crippen LogP contribution in [-0.4, -0.2) is 16.8 Å². The summed E-state index contributed by atoms with van der Waals surface area (Å²) in [7, 11) is 0. The number of nitrogens with zero attached hydrogens (tertiary/aromatic N) is 1. The Morgan fingerprint density at radius 1 is 0.931 bits per heavy atom. The zero-order chi connectivity index (χ0) is 20.5. The maximum absolute atomic E-state index is 13.9. The second-order valence-electron chi connectivity index (χ2n) is 6.87. The number of aliphatic hydroxyl groups excluding tert-OH is 1. The number of aliphatic hydroxyl groups is 1. The molecule has 1 atom stereocenters. The molecule has 0 spiro atoms. The summed E-state index contributed by atoms with van der Waals surface area (Å²) in [6.07, 6.45) is 0. The minimum Gasteiger partial charge on any atom is -0.507 e. The van der Waals surface area contributed by atoms with E-state index >= 15 is 0 Å². The first-order valence-corrected chi connectivity index (χ1v) is 9.16. The molecule has 1 N–H and O–H groups in total. The van der Waals surface area contributed by atoms with Crippen molar-refractivity contribution in [2.45, 2.75) is 13.0 Å². The monoisotopic (exact) mass is 387 g/mol. The number of hydrogen-bond acceptors (Lipinski definition) is 3. The van der Waals surface area contributed by atoms with Gasteiger partial charge in [0.2, 0.25) is 0 Å². The van der Waals surface area contributed by atoms with Gasteiger partial charge in [0, 0.05) is 11.3 Å². The highest BCUT2D eigenvalue weighted by atomic mass is 19.1. The van der Waals surface area contributed by atoms with Gasteiger partial charge in [0.25, 0.3) is 11.7 Å². The largest absolute Gasteiger partial charge is 0.507 e. The van der Waals surface area contributed by atoms with Crippen molar-refractivity contribution in [3.05, 3.63) is 107 Å². The number of carbonyl (C=O) groups excluding carboxylic acids is 2. The summed E-state index contributed by atoms with van der Waals surface area (Å²) in [5.41, 5.74) is 2.21. The quantitative estimate of drug-likeness (QED) is 0.400. The maximum atomic E-state index is 13.9. The molecule has 0 saturated carbocycles. The highest BCUT2D eigenvalue weighted by Gasteiger charge is 2.47. The van der Waals surface area contributed by atoms with Gasteiger partial charge < -0.3 is 5.11 Å². The Kier molecular flexibility index (Phi) is 4.72. The summed E-state index contributed by atoms with van der Waals surface area (Å²) in [5, 5.41) is 11.0. The number of benzene rings is 3. The molecule has 1 heterocycles. The zero-order valence-electron chi connectivity index (χ0n) is 15.7. The van der Waals surface area contributed by atoms with Gasteiger partial charge in [0.05, 0.1) is 11.6 Å². The number of ketones is 1. The molecule has 0 aliphatic carbocycles. The first-order valence-electron chi connectivity index (χ1n) is 9.16. The van der Waals surface area contributed by atoms with Crippen LogP contribution in [0, 0.1) is 12.7 Å². The average molecular weight is 387 g/mol. The van der Waals surface area contributed by atoms with Crippen LogP contribution in [0.4, 0.5) is 10.1 Å². The van der Waals surface area contributed by atoms with E-state index in [0.717, 1.165) is 5.56 Å². The van der Waals surface area contributed by atoms with Crippen LogP contribution in [0.1, 0.15) is 22.7 Å². The molecule has 1 aliphatic heterocycles. The minimum absolute atomic E-state index is 0.0141. The van der Waals surface area contributed by atoms with Crippen LogP contribution in [0.2, 0.25) is 0 Å². The molecule has 0 aromatic heterocycles. The van der Waals surface area contributed by atoms with Crippen molar-refractivity contribution in [1.29, 1.82) is 0 Å². The molecule has 4 nitrogen and oxygen atoms in total. The first-order chi connectivity index (χ1) is 14.0. The molecular weight excluding hydrogens is 369 g/mol.